The first-order valence-electron chi connectivity index (χ1n) is 6.73. The van der Waals surface area contributed by atoms with Crippen LogP contribution < -0.4 is 5.73 Å². The molecule has 2 N–H and O–H groups in total. The average molecular weight is 269 g/mol. The van der Waals surface area contributed by atoms with E-state index in [0.717, 1.165) is 6.42 Å². The van der Waals surface area contributed by atoms with E-state index in [1.54, 1.807) is 0 Å². The van der Waals surface area contributed by atoms with Crippen LogP contribution in [0, 0.1) is 13.8 Å². The molecule has 1 heterocycles. The lowest BCUT2D eigenvalue weighted by Gasteiger charge is -2.21. The molecule has 2 aromatic carbocycles. The molecule has 1 aliphatic heterocycles. The van der Waals surface area contributed by atoms with Gasteiger partial charge in [-0.3, -0.25) is 0 Å². The van der Waals surface area contributed by atoms with Gasteiger partial charge < -0.3 is 5.73 Å². The van der Waals surface area contributed by atoms with E-state index in [0.29, 0.717) is 5.25 Å². The summed E-state index contributed by atoms with van der Waals surface area (Å²) in [6, 6.07) is 15.2. The van der Waals surface area contributed by atoms with E-state index in [-0.39, 0.29) is 6.04 Å². The second-order valence-electron chi connectivity index (χ2n) is 5.28. The summed E-state index contributed by atoms with van der Waals surface area (Å²) in [5.41, 5.74) is 11.9. The van der Waals surface area contributed by atoms with Crippen molar-refractivity contribution in [3.8, 4) is 0 Å². The Bertz CT molecular complexity index is 581. The van der Waals surface area contributed by atoms with Crippen LogP contribution in [0.3, 0.4) is 0 Å². The zero-order valence-corrected chi connectivity index (χ0v) is 12.2. The largest absolute Gasteiger partial charge is 0.323 e. The SMILES string of the molecule is Cc1cccc(C(N)C2Cc3ccccc3S2)c1C. The van der Waals surface area contributed by atoms with Crippen LogP contribution in [0.2, 0.25) is 0 Å². The van der Waals surface area contributed by atoms with Gasteiger partial charge >= 0.3 is 0 Å². The van der Waals surface area contributed by atoms with Gasteiger partial charge in [0.2, 0.25) is 0 Å². The molecule has 1 aliphatic rings. The van der Waals surface area contributed by atoms with Gasteiger partial charge in [0.05, 0.1) is 0 Å². The van der Waals surface area contributed by atoms with E-state index < -0.39 is 0 Å². The van der Waals surface area contributed by atoms with Gasteiger partial charge in [0.15, 0.2) is 0 Å². The predicted molar refractivity (Wildman–Crippen MR) is 82.6 cm³/mol. The third-order valence-corrected chi connectivity index (χ3v) is 5.49. The highest BCUT2D eigenvalue weighted by atomic mass is 32.2. The number of rotatable bonds is 2. The number of hydrogen-bond donors (Lipinski definition) is 1. The van der Waals surface area contributed by atoms with Gasteiger partial charge in [-0.25, -0.2) is 0 Å². The molecule has 2 unspecified atom stereocenters. The lowest BCUT2D eigenvalue weighted by molar-refractivity contribution is 0.673. The lowest BCUT2D eigenvalue weighted by Crippen LogP contribution is -2.24. The van der Waals surface area contributed by atoms with Crippen LogP contribution in [0.1, 0.15) is 28.3 Å². The van der Waals surface area contributed by atoms with Crippen molar-refractivity contribution < 1.29 is 0 Å². The molecule has 0 spiro atoms. The maximum atomic E-state index is 6.53. The third kappa shape index (κ3) is 2.31. The highest BCUT2D eigenvalue weighted by molar-refractivity contribution is 8.00. The summed E-state index contributed by atoms with van der Waals surface area (Å²) in [6.45, 7) is 4.33. The monoisotopic (exact) mass is 269 g/mol. The van der Waals surface area contributed by atoms with Crippen molar-refractivity contribution in [2.45, 2.75) is 36.5 Å². The van der Waals surface area contributed by atoms with Crippen molar-refractivity contribution in [1.29, 1.82) is 0 Å². The van der Waals surface area contributed by atoms with E-state index in [1.165, 1.54) is 27.1 Å². The summed E-state index contributed by atoms with van der Waals surface area (Å²) in [4.78, 5) is 1.40. The number of nitrogens with two attached hydrogens (primary N) is 1. The fraction of sp³-hybridized carbons (Fsp3) is 0.294. The Morgan fingerprint density at radius 1 is 1.11 bits per heavy atom. The summed E-state index contributed by atoms with van der Waals surface area (Å²) in [5.74, 6) is 0. The number of fused-ring (bicyclic) bond motifs is 1. The van der Waals surface area contributed by atoms with Crippen molar-refractivity contribution in [3.63, 3.8) is 0 Å². The van der Waals surface area contributed by atoms with Crippen molar-refractivity contribution >= 4 is 11.8 Å². The number of aryl methyl sites for hydroxylation is 1. The van der Waals surface area contributed by atoms with E-state index in [9.17, 15) is 0 Å². The maximum Gasteiger partial charge on any atom is 0.0425 e. The molecule has 3 rings (SSSR count). The first-order chi connectivity index (χ1) is 9.16. The summed E-state index contributed by atoms with van der Waals surface area (Å²) in [6.07, 6.45) is 1.08. The molecular formula is C17H19NS. The Morgan fingerprint density at radius 2 is 1.89 bits per heavy atom. The normalized spacial score (nSPS) is 19.2. The Balaban J connectivity index is 1.87. The van der Waals surface area contributed by atoms with Crippen LogP contribution in [0.15, 0.2) is 47.4 Å². The standard InChI is InChI=1S/C17H19NS/c1-11-6-5-8-14(12(11)2)17(18)16-10-13-7-3-4-9-15(13)19-16/h3-9,16-17H,10,18H2,1-2H3. The van der Waals surface area contributed by atoms with Crippen LogP contribution in [0.4, 0.5) is 0 Å². The molecule has 2 heteroatoms. The van der Waals surface area contributed by atoms with Gasteiger partial charge in [-0.15, -0.1) is 11.8 Å². The summed E-state index contributed by atoms with van der Waals surface area (Å²) in [7, 11) is 0. The summed E-state index contributed by atoms with van der Waals surface area (Å²) < 4.78 is 0. The van der Waals surface area contributed by atoms with Gasteiger partial charge in [0.1, 0.15) is 0 Å². The molecular weight excluding hydrogens is 250 g/mol. The van der Waals surface area contributed by atoms with Crippen molar-refractivity contribution in [2.24, 2.45) is 5.73 Å². The third-order valence-electron chi connectivity index (χ3n) is 4.08. The Labute approximate surface area is 119 Å². The number of benzene rings is 2. The molecule has 1 nitrogen and oxygen atoms in total. The van der Waals surface area contributed by atoms with Crippen molar-refractivity contribution in [3.05, 3.63) is 64.7 Å². The highest BCUT2D eigenvalue weighted by Crippen LogP contribution is 2.42. The number of hydrogen-bond acceptors (Lipinski definition) is 2. The first kappa shape index (κ1) is 12.8. The molecule has 0 aliphatic carbocycles. The van der Waals surface area contributed by atoms with E-state index >= 15 is 0 Å². The van der Waals surface area contributed by atoms with Crippen molar-refractivity contribution in [1.82, 2.24) is 0 Å². The van der Waals surface area contributed by atoms with E-state index in [2.05, 4.69) is 56.3 Å². The van der Waals surface area contributed by atoms with Gasteiger partial charge in [0.25, 0.3) is 0 Å². The zero-order chi connectivity index (χ0) is 13.4. The molecule has 0 amide bonds. The minimum Gasteiger partial charge on any atom is -0.323 e. The zero-order valence-electron chi connectivity index (χ0n) is 11.4. The molecule has 98 valence electrons. The van der Waals surface area contributed by atoms with Gasteiger partial charge in [0, 0.05) is 16.2 Å². The quantitative estimate of drug-likeness (QED) is 0.891. The van der Waals surface area contributed by atoms with Crippen LogP contribution in [0.5, 0.6) is 0 Å². The van der Waals surface area contributed by atoms with E-state index in [1.807, 2.05) is 11.8 Å². The number of thioether (sulfide) groups is 1. The summed E-state index contributed by atoms with van der Waals surface area (Å²) >= 11 is 1.93. The molecule has 0 bridgehead atoms. The van der Waals surface area contributed by atoms with Crippen LogP contribution in [-0.4, -0.2) is 5.25 Å². The Hall–Kier alpha value is -1.25. The van der Waals surface area contributed by atoms with Crippen LogP contribution in [-0.2, 0) is 6.42 Å². The predicted octanol–water partition coefficient (Wildman–Crippen LogP) is 4.02. The van der Waals surface area contributed by atoms with Crippen LogP contribution >= 0.6 is 11.8 Å². The second-order valence-corrected chi connectivity index (χ2v) is 6.56. The van der Waals surface area contributed by atoms with Crippen molar-refractivity contribution in [2.75, 3.05) is 0 Å². The molecule has 19 heavy (non-hydrogen) atoms. The minimum atomic E-state index is 0.109. The molecule has 0 radical (unpaired) electrons. The maximum absolute atomic E-state index is 6.53. The molecule has 0 fully saturated rings. The summed E-state index contributed by atoms with van der Waals surface area (Å²) in [5, 5.41) is 0.456. The molecule has 2 aromatic rings. The molecule has 0 saturated carbocycles. The van der Waals surface area contributed by atoms with Crippen LogP contribution in [0.25, 0.3) is 0 Å². The fourth-order valence-corrected chi connectivity index (χ4v) is 4.09. The Morgan fingerprint density at radius 3 is 2.68 bits per heavy atom. The lowest BCUT2D eigenvalue weighted by atomic mass is 9.94. The Kier molecular flexibility index (Phi) is 3.38. The van der Waals surface area contributed by atoms with Gasteiger partial charge in [-0.2, -0.15) is 0 Å². The van der Waals surface area contributed by atoms with E-state index in [4.69, 9.17) is 5.73 Å². The average Bonchev–Trinajstić information content (AvgIpc) is 2.85. The topological polar surface area (TPSA) is 26.0 Å². The minimum absolute atomic E-state index is 0.109. The second kappa shape index (κ2) is 5.03. The van der Waals surface area contributed by atoms with Gasteiger partial charge in [-0.05, 0) is 48.6 Å². The van der Waals surface area contributed by atoms with Gasteiger partial charge in [-0.1, -0.05) is 36.4 Å². The fourth-order valence-electron chi connectivity index (χ4n) is 2.74. The highest BCUT2D eigenvalue weighted by Gasteiger charge is 2.28. The molecule has 2 atom stereocenters. The first-order valence-corrected chi connectivity index (χ1v) is 7.61. The smallest absolute Gasteiger partial charge is 0.0425 e. The molecule has 0 aromatic heterocycles. The molecule has 0 saturated heterocycles.